The number of nitrogens with zero attached hydrogens (tertiary/aromatic N) is 1. The van der Waals surface area contributed by atoms with Crippen molar-refractivity contribution in [3.8, 4) is 5.75 Å². The van der Waals surface area contributed by atoms with E-state index in [0.717, 1.165) is 17.7 Å². The van der Waals surface area contributed by atoms with Crippen molar-refractivity contribution in [1.29, 1.82) is 0 Å². The summed E-state index contributed by atoms with van der Waals surface area (Å²) in [5.74, 6) is -0.917. The van der Waals surface area contributed by atoms with E-state index in [0.29, 0.717) is 12.3 Å². The standard InChI is InChI=1S/C10H12N2O3/c11-4-7(10(13)14)8-3-6-1-2-15-9(6)5-12-8/h3,5,7H,1-2,4,11H2,(H,13,14). The highest BCUT2D eigenvalue weighted by atomic mass is 16.5. The van der Waals surface area contributed by atoms with Gasteiger partial charge in [0.05, 0.1) is 18.5 Å². The normalized spacial score (nSPS) is 15.5. The third-order valence-electron chi connectivity index (χ3n) is 2.49. The average molecular weight is 208 g/mol. The first-order valence-corrected chi connectivity index (χ1v) is 4.77. The first kappa shape index (κ1) is 9.92. The highest BCUT2D eigenvalue weighted by molar-refractivity contribution is 5.75. The van der Waals surface area contributed by atoms with E-state index in [1.807, 2.05) is 0 Å². The van der Waals surface area contributed by atoms with Gasteiger partial charge in [-0.2, -0.15) is 0 Å². The smallest absolute Gasteiger partial charge is 0.313 e. The van der Waals surface area contributed by atoms with Gasteiger partial charge in [-0.1, -0.05) is 0 Å². The molecule has 1 aliphatic rings. The molecular formula is C10H12N2O3. The highest BCUT2D eigenvalue weighted by Crippen LogP contribution is 2.26. The van der Waals surface area contributed by atoms with Gasteiger partial charge >= 0.3 is 5.97 Å². The third kappa shape index (κ3) is 1.78. The van der Waals surface area contributed by atoms with E-state index in [1.165, 1.54) is 0 Å². The van der Waals surface area contributed by atoms with Crippen molar-refractivity contribution in [3.05, 3.63) is 23.5 Å². The fourth-order valence-corrected chi connectivity index (χ4v) is 1.64. The number of ether oxygens (including phenoxy) is 1. The molecule has 5 heteroatoms. The number of nitrogens with two attached hydrogens (primary N) is 1. The van der Waals surface area contributed by atoms with Gasteiger partial charge in [-0.25, -0.2) is 0 Å². The van der Waals surface area contributed by atoms with Gasteiger partial charge < -0.3 is 15.6 Å². The fourth-order valence-electron chi connectivity index (χ4n) is 1.64. The number of pyridine rings is 1. The van der Waals surface area contributed by atoms with Crippen LogP contribution in [0.1, 0.15) is 17.2 Å². The third-order valence-corrected chi connectivity index (χ3v) is 2.49. The first-order chi connectivity index (χ1) is 7.22. The Kier molecular flexibility index (Phi) is 2.55. The molecule has 2 rings (SSSR count). The summed E-state index contributed by atoms with van der Waals surface area (Å²) in [6.07, 6.45) is 2.38. The lowest BCUT2D eigenvalue weighted by molar-refractivity contribution is -0.138. The Morgan fingerprint density at radius 2 is 2.53 bits per heavy atom. The molecule has 0 aliphatic carbocycles. The minimum atomic E-state index is -0.941. The summed E-state index contributed by atoms with van der Waals surface area (Å²) in [4.78, 5) is 14.9. The lowest BCUT2D eigenvalue weighted by atomic mass is 10.0. The molecule has 1 aromatic heterocycles. The molecule has 0 bridgehead atoms. The van der Waals surface area contributed by atoms with Gasteiger partial charge in [-0.05, 0) is 6.07 Å². The zero-order valence-electron chi connectivity index (χ0n) is 8.14. The number of hydrogen-bond donors (Lipinski definition) is 2. The summed E-state index contributed by atoms with van der Waals surface area (Å²) in [5.41, 5.74) is 6.92. The number of aliphatic carboxylic acids is 1. The Bertz CT molecular complexity index is 392. The molecule has 0 radical (unpaired) electrons. The second-order valence-corrected chi connectivity index (χ2v) is 3.44. The van der Waals surface area contributed by atoms with Crippen molar-refractivity contribution in [1.82, 2.24) is 4.98 Å². The molecular weight excluding hydrogens is 196 g/mol. The van der Waals surface area contributed by atoms with E-state index in [1.54, 1.807) is 12.3 Å². The summed E-state index contributed by atoms with van der Waals surface area (Å²) in [6, 6.07) is 1.77. The Balaban J connectivity index is 2.32. The van der Waals surface area contributed by atoms with Crippen molar-refractivity contribution in [3.63, 3.8) is 0 Å². The van der Waals surface area contributed by atoms with Gasteiger partial charge in [0, 0.05) is 18.5 Å². The monoisotopic (exact) mass is 208 g/mol. The molecule has 3 N–H and O–H groups in total. The zero-order chi connectivity index (χ0) is 10.8. The molecule has 1 atom stereocenters. The van der Waals surface area contributed by atoms with Crippen molar-refractivity contribution in [2.24, 2.45) is 5.73 Å². The molecule has 1 aromatic rings. The van der Waals surface area contributed by atoms with Crippen LogP contribution in [0.3, 0.4) is 0 Å². The van der Waals surface area contributed by atoms with Gasteiger partial charge in [0.15, 0.2) is 0 Å². The van der Waals surface area contributed by atoms with Crippen LogP contribution in [0.4, 0.5) is 0 Å². The van der Waals surface area contributed by atoms with E-state index in [-0.39, 0.29) is 6.54 Å². The summed E-state index contributed by atoms with van der Waals surface area (Å²) >= 11 is 0. The number of carboxylic acids is 1. The predicted molar refractivity (Wildman–Crippen MR) is 52.9 cm³/mol. The van der Waals surface area contributed by atoms with E-state index in [4.69, 9.17) is 15.6 Å². The van der Waals surface area contributed by atoms with Crippen LogP contribution in [0.5, 0.6) is 5.75 Å². The molecule has 0 amide bonds. The minimum Gasteiger partial charge on any atom is -0.491 e. The summed E-state index contributed by atoms with van der Waals surface area (Å²) in [5, 5.41) is 8.92. The van der Waals surface area contributed by atoms with Crippen molar-refractivity contribution < 1.29 is 14.6 Å². The number of fused-ring (bicyclic) bond motifs is 1. The maximum absolute atomic E-state index is 10.9. The number of hydrogen-bond acceptors (Lipinski definition) is 4. The van der Waals surface area contributed by atoms with Crippen LogP contribution in [0.15, 0.2) is 12.3 Å². The second-order valence-electron chi connectivity index (χ2n) is 3.44. The van der Waals surface area contributed by atoms with Crippen LogP contribution in [-0.2, 0) is 11.2 Å². The van der Waals surface area contributed by atoms with Gasteiger partial charge in [0.1, 0.15) is 11.7 Å². The summed E-state index contributed by atoms with van der Waals surface area (Å²) in [6.45, 7) is 0.697. The van der Waals surface area contributed by atoms with Crippen LogP contribution in [0, 0.1) is 0 Å². The number of carbonyl (C=O) groups is 1. The molecule has 0 spiro atoms. The van der Waals surface area contributed by atoms with Crippen molar-refractivity contribution >= 4 is 5.97 Å². The Morgan fingerprint density at radius 3 is 3.20 bits per heavy atom. The van der Waals surface area contributed by atoms with Crippen molar-refractivity contribution in [2.75, 3.05) is 13.2 Å². The molecule has 0 aromatic carbocycles. The van der Waals surface area contributed by atoms with Crippen LogP contribution < -0.4 is 10.5 Å². The van der Waals surface area contributed by atoms with Gasteiger partial charge in [0.2, 0.25) is 0 Å². The topological polar surface area (TPSA) is 85.4 Å². The van der Waals surface area contributed by atoms with Gasteiger partial charge in [-0.3, -0.25) is 9.78 Å². The lowest BCUT2D eigenvalue weighted by Crippen LogP contribution is -2.22. The predicted octanol–water partition coefficient (Wildman–Crippen LogP) is 0.143. The van der Waals surface area contributed by atoms with Gasteiger partial charge in [0.25, 0.3) is 0 Å². The molecule has 15 heavy (non-hydrogen) atoms. The van der Waals surface area contributed by atoms with Crippen LogP contribution in [0.25, 0.3) is 0 Å². The minimum absolute atomic E-state index is 0.0575. The highest BCUT2D eigenvalue weighted by Gasteiger charge is 2.22. The first-order valence-electron chi connectivity index (χ1n) is 4.77. The van der Waals surface area contributed by atoms with Crippen LogP contribution in [0.2, 0.25) is 0 Å². The lowest BCUT2D eigenvalue weighted by Gasteiger charge is -2.09. The SMILES string of the molecule is NCC(C(=O)O)c1cc2c(cn1)OCC2. The van der Waals surface area contributed by atoms with E-state index >= 15 is 0 Å². The Hall–Kier alpha value is -1.62. The summed E-state index contributed by atoms with van der Waals surface area (Å²) < 4.78 is 5.29. The molecule has 0 saturated heterocycles. The second kappa shape index (κ2) is 3.86. The zero-order valence-corrected chi connectivity index (χ0v) is 8.14. The number of aromatic nitrogens is 1. The molecule has 5 nitrogen and oxygen atoms in total. The molecule has 2 heterocycles. The van der Waals surface area contributed by atoms with Gasteiger partial charge in [-0.15, -0.1) is 0 Å². The van der Waals surface area contributed by atoms with Crippen LogP contribution in [-0.4, -0.2) is 29.2 Å². The van der Waals surface area contributed by atoms with E-state index < -0.39 is 11.9 Å². The molecule has 80 valence electrons. The maximum atomic E-state index is 10.9. The quantitative estimate of drug-likeness (QED) is 0.738. The Morgan fingerprint density at radius 1 is 1.73 bits per heavy atom. The maximum Gasteiger partial charge on any atom is 0.313 e. The number of rotatable bonds is 3. The molecule has 0 saturated carbocycles. The van der Waals surface area contributed by atoms with Crippen LogP contribution >= 0.6 is 0 Å². The average Bonchev–Trinajstić information content (AvgIpc) is 2.65. The van der Waals surface area contributed by atoms with E-state index in [9.17, 15) is 4.79 Å². The fraction of sp³-hybridized carbons (Fsp3) is 0.400. The number of carboxylic acid groups (broad SMARTS) is 1. The molecule has 1 aliphatic heterocycles. The molecule has 1 unspecified atom stereocenters. The van der Waals surface area contributed by atoms with E-state index in [2.05, 4.69) is 4.98 Å². The molecule has 0 fully saturated rings. The van der Waals surface area contributed by atoms with Crippen molar-refractivity contribution in [2.45, 2.75) is 12.3 Å². The summed E-state index contributed by atoms with van der Waals surface area (Å²) in [7, 11) is 0. The largest absolute Gasteiger partial charge is 0.491 e. The Labute approximate surface area is 86.9 Å².